The van der Waals surface area contributed by atoms with Gasteiger partial charge in [-0.1, -0.05) is 6.07 Å². The van der Waals surface area contributed by atoms with Gasteiger partial charge in [0, 0.05) is 5.69 Å². The van der Waals surface area contributed by atoms with Gasteiger partial charge in [0.2, 0.25) is 0 Å². The highest BCUT2D eigenvalue weighted by atomic mass is 16.3. The molecule has 0 spiro atoms. The largest absolute Gasteiger partial charge is 0.387 e. The van der Waals surface area contributed by atoms with E-state index in [1.165, 1.54) is 29.7 Å². The summed E-state index contributed by atoms with van der Waals surface area (Å²) in [6, 6.07) is 2.28. The summed E-state index contributed by atoms with van der Waals surface area (Å²) in [5.74, 6) is 0. The summed E-state index contributed by atoms with van der Waals surface area (Å²) in [4.78, 5) is 4.62. The van der Waals surface area contributed by atoms with Crippen LogP contribution in [0.1, 0.15) is 47.9 Å². The van der Waals surface area contributed by atoms with E-state index >= 15 is 0 Å². The molecule has 0 fully saturated rings. The zero-order valence-electron chi connectivity index (χ0n) is 8.29. The second kappa shape index (κ2) is 3.06. The minimum absolute atomic E-state index is 0.301. The van der Waals surface area contributed by atoms with Gasteiger partial charge in [0.15, 0.2) is 0 Å². The van der Waals surface area contributed by atoms with Crippen molar-refractivity contribution in [3.63, 3.8) is 0 Å². The lowest BCUT2D eigenvalue weighted by molar-refractivity contribution is 0.151. The van der Waals surface area contributed by atoms with Gasteiger partial charge in [-0.3, -0.25) is 4.98 Å². The molecule has 0 saturated carbocycles. The van der Waals surface area contributed by atoms with Crippen LogP contribution >= 0.6 is 0 Å². The molecule has 1 atom stereocenters. The molecule has 0 amide bonds. The SMILES string of the molecule is OC1CCCc2cc3c(nc21)CCC3. The van der Waals surface area contributed by atoms with Crippen LogP contribution in [-0.2, 0) is 19.3 Å². The normalized spacial score (nSPS) is 24.5. The first-order valence-electron chi connectivity index (χ1n) is 5.54. The van der Waals surface area contributed by atoms with E-state index in [-0.39, 0.29) is 6.10 Å². The first-order valence-corrected chi connectivity index (χ1v) is 5.54. The number of aliphatic hydroxyl groups excluding tert-OH is 1. The summed E-state index contributed by atoms with van der Waals surface area (Å²) in [5, 5.41) is 9.83. The molecule has 3 rings (SSSR count). The van der Waals surface area contributed by atoms with Crippen LogP contribution < -0.4 is 0 Å². The highest BCUT2D eigenvalue weighted by Crippen LogP contribution is 2.31. The van der Waals surface area contributed by atoms with Crippen molar-refractivity contribution in [3.05, 3.63) is 28.6 Å². The van der Waals surface area contributed by atoms with Crippen LogP contribution in [0.2, 0.25) is 0 Å². The van der Waals surface area contributed by atoms with Crippen LogP contribution in [0.15, 0.2) is 6.07 Å². The third kappa shape index (κ3) is 1.17. The number of fused-ring (bicyclic) bond motifs is 2. The molecule has 0 aromatic carbocycles. The van der Waals surface area contributed by atoms with Crippen LogP contribution in [-0.4, -0.2) is 10.1 Å². The molecule has 2 aliphatic rings. The van der Waals surface area contributed by atoms with E-state index in [4.69, 9.17) is 0 Å². The molecule has 1 aromatic heterocycles. The Hall–Kier alpha value is -0.890. The summed E-state index contributed by atoms with van der Waals surface area (Å²) in [5.41, 5.74) is 4.93. The predicted molar refractivity (Wildman–Crippen MR) is 54.2 cm³/mol. The number of aromatic nitrogens is 1. The third-order valence-electron chi connectivity index (χ3n) is 3.40. The Balaban J connectivity index is 2.12. The second-order valence-corrected chi connectivity index (χ2v) is 4.40. The topological polar surface area (TPSA) is 33.1 Å². The number of hydrogen-bond donors (Lipinski definition) is 1. The molecule has 1 aromatic rings. The zero-order chi connectivity index (χ0) is 9.54. The molecule has 1 unspecified atom stereocenters. The molecular weight excluding hydrogens is 174 g/mol. The Morgan fingerprint density at radius 2 is 2.00 bits per heavy atom. The highest BCUT2D eigenvalue weighted by Gasteiger charge is 2.23. The summed E-state index contributed by atoms with van der Waals surface area (Å²) in [7, 11) is 0. The first-order chi connectivity index (χ1) is 6.84. The zero-order valence-corrected chi connectivity index (χ0v) is 8.29. The fraction of sp³-hybridized carbons (Fsp3) is 0.583. The van der Waals surface area contributed by atoms with Crippen molar-refractivity contribution in [2.75, 3.05) is 0 Å². The minimum Gasteiger partial charge on any atom is -0.387 e. The average Bonchev–Trinajstić information content (AvgIpc) is 2.62. The lowest BCUT2D eigenvalue weighted by Crippen LogP contribution is -2.13. The highest BCUT2D eigenvalue weighted by molar-refractivity contribution is 5.35. The fourth-order valence-electron chi connectivity index (χ4n) is 2.65. The number of rotatable bonds is 0. The van der Waals surface area contributed by atoms with Gasteiger partial charge in [0.25, 0.3) is 0 Å². The van der Waals surface area contributed by atoms with Crippen molar-refractivity contribution >= 4 is 0 Å². The standard InChI is InChI=1S/C12H15NO/c14-11-6-2-4-9-7-8-3-1-5-10(8)13-12(9)11/h7,11,14H,1-6H2. The maximum absolute atomic E-state index is 9.83. The van der Waals surface area contributed by atoms with E-state index in [0.29, 0.717) is 0 Å². The molecule has 2 aliphatic carbocycles. The van der Waals surface area contributed by atoms with E-state index in [2.05, 4.69) is 11.1 Å². The van der Waals surface area contributed by atoms with Crippen LogP contribution in [0.5, 0.6) is 0 Å². The van der Waals surface area contributed by atoms with Gasteiger partial charge in [0.1, 0.15) is 0 Å². The number of hydrogen-bond acceptors (Lipinski definition) is 2. The number of pyridine rings is 1. The van der Waals surface area contributed by atoms with E-state index in [9.17, 15) is 5.11 Å². The quantitative estimate of drug-likeness (QED) is 0.676. The Bertz CT molecular complexity index is 373. The molecule has 0 bridgehead atoms. The van der Waals surface area contributed by atoms with Crippen molar-refractivity contribution in [1.82, 2.24) is 4.98 Å². The van der Waals surface area contributed by atoms with Crippen molar-refractivity contribution in [3.8, 4) is 0 Å². The first kappa shape index (κ1) is 8.42. The summed E-state index contributed by atoms with van der Waals surface area (Å²) in [6.07, 6.45) is 6.33. The van der Waals surface area contributed by atoms with Gasteiger partial charge in [-0.15, -0.1) is 0 Å². The molecule has 1 N–H and O–H groups in total. The van der Waals surface area contributed by atoms with Crippen LogP contribution in [0, 0.1) is 0 Å². The van der Waals surface area contributed by atoms with Gasteiger partial charge >= 0.3 is 0 Å². The molecule has 2 nitrogen and oxygen atoms in total. The smallest absolute Gasteiger partial charge is 0.0962 e. The predicted octanol–water partition coefficient (Wildman–Crippen LogP) is 1.94. The third-order valence-corrected chi connectivity index (χ3v) is 3.40. The summed E-state index contributed by atoms with van der Waals surface area (Å²) >= 11 is 0. The van der Waals surface area contributed by atoms with Crippen molar-refractivity contribution in [1.29, 1.82) is 0 Å². The van der Waals surface area contributed by atoms with E-state index < -0.39 is 0 Å². The van der Waals surface area contributed by atoms with E-state index in [0.717, 1.165) is 31.4 Å². The molecular formula is C12H15NO. The summed E-state index contributed by atoms with van der Waals surface area (Å²) in [6.45, 7) is 0. The minimum atomic E-state index is -0.301. The molecule has 0 aliphatic heterocycles. The lowest BCUT2D eigenvalue weighted by Gasteiger charge is -2.21. The maximum atomic E-state index is 9.83. The molecule has 74 valence electrons. The average molecular weight is 189 g/mol. The number of aryl methyl sites for hydroxylation is 3. The monoisotopic (exact) mass is 189 g/mol. The van der Waals surface area contributed by atoms with E-state index in [1.54, 1.807) is 0 Å². The van der Waals surface area contributed by atoms with Gasteiger partial charge in [0.05, 0.1) is 11.8 Å². The Kier molecular flexibility index (Phi) is 1.84. The van der Waals surface area contributed by atoms with Crippen molar-refractivity contribution < 1.29 is 5.11 Å². The van der Waals surface area contributed by atoms with Crippen LogP contribution in [0.25, 0.3) is 0 Å². The lowest BCUT2D eigenvalue weighted by atomic mass is 9.92. The molecule has 14 heavy (non-hydrogen) atoms. The van der Waals surface area contributed by atoms with Crippen molar-refractivity contribution in [2.24, 2.45) is 0 Å². The Labute approximate surface area is 84.0 Å². The molecule has 1 heterocycles. The summed E-state index contributed by atoms with van der Waals surface area (Å²) < 4.78 is 0. The van der Waals surface area contributed by atoms with Gasteiger partial charge < -0.3 is 5.11 Å². The van der Waals surface area contributed by atoms with Crippen LogP contribution in [0.4, 0.5) is 0 Å². The maximum Gasteiger partial charge on any atom is 0.0962 e. The van der Waals surface area contributed by atoms with Gasteiger partial charge in [-0.25, -0.2) is 0 Å². The van der Waals surface area contributed by atoms with Gasteiger partial charge in [-0.2, -0.15) is 0 Å². The van der Waals surface area contributed by atoms with Crippen LogP contribution in [0.3, 0.4) is 0 Å². The van der Waals surface area contributed by atoms with Gasteiger partial charge in [-0.05, 0) is 49.7 Å². The van der Waals surface area contributed by atoms with E-state index in [1.807, 2.05) is 0 Å². The second-order valence-electron chi connectivity index (χ2n) is 4.40. The Morgan fingerprint density at radius 3 is 2.93 bits per heavy atom. The fourth-order valence-corrected chi connectivity index (χ4v) is 2.65. The molecule has 0 saturated heterocycles. The Morgan fingerprint density at radius 1 is 1.14 bits per heavy atom. The number of aliphatic hydroxyl groups is 1. The number of nitrogens with zero attached hydrogens (tertiary/aromatic N) is 1. The van der Waals surface area contributed by atoms with Crippen molar-refractivity contribution in [2.45, 2.75) is 44.6 Å². The molecule has 0 radical (unpaired) electrons. The molecule has 2 heteroatoms.